The van der Waals surface area contributed by atoms with Crippen LogP contribution in [0.4, 0.5) is 4.79 Å². The van der Waals surface area contributed by atoms with Gasteiger partial charge in [0.25, 0.3) is 5.91 Å². The van der Waals surface area contributed by atoms with Gasteiger partial charge >= 0.3 is 6.03 Å². The fourth-order valence-corrected chi connectivity index (χ4v) is 4.85. The minimum Gasteiger partial charge on any atom is -0.323 e. The smallest absolute Gasteiger partial charge is 0.323 e. The molecular weight excluding hydrogens is 338 g/mol. The van der Waals surface area contributed by atoms with Gasteiger partial charge in [-0.25, -0.2) is 9.69 Å². The molecule has 1 saturated carbocycles. The van der Waals surface area contributed by atoms with Crippen molar-refractivity contribution in [2.75, 3.05) is 6.67 Å². The Bertz CT molecular complexity index is 685. The van der Waals surface area contributed by atoms with Gasteiger partial charge < -0.3 is 5.32 Å². The van der Waals surface area contributed by atoms with E-state index in [-0.39, 0.29) is 41.9 Å². The number of nitrogens with zero attached hydrogens (tertiary/aromatic N) is 1. The van der Waals surface area contributed by atoms with Gasteiger partial charge in [-0.1, -0.05) is 71.4 Å². The molecule has 1 spiro atoms. The first kappa shape index (κ1) is 19.9. The molecule has 1 aliphatic carbocycles. The highest BCUT2D eigenvalue weighted by atomic mass is 16.2. The Hall–Kier alpha value is -1.88. The van der Waals surface area contributed by atoms with Crippen LogP contribution < -0.4 is 10.6 Å². The number of imide groups is 1. The zero-order chi connectivity index (χ0) is 19.8. The highest BCUT2D eigenvalue weighted by Gasteiger charge is 2.58. The molecule has 2 aliphatic rings. The third-order valence-electron chi connectivity index (χ3n) is 6.44. The first-order valence-corrected chi connectivity index (χ1v) is 10.1. The van der Waals surface area contributed by atoms with Gasteiger partial charge in [0.15, 0.2) is 0 Å². The van der Waals surface area contributed by atoms with Crippen LogP contribution in [-0.2, 0) is 4.79 Å². The molecule has 0 radical (unpaired) electrons. The Labute approximate surface area is 162 Å². The molecule has 0 aromatic heterocycles. The predicted molar refractivity (Wildman–Crippen MR) is 107 cm³/mol. The number of nitrogens with one attached hydrogen (secondary N) is 2. The summed E-state index contributed by atoms with van der Waals surface area (Å²) in [5.74, 6) is 0.255. The SMILES string of the molecule is C[C@@H]1CCC[C@H](C)C12NC(=O)N(CN[C@H](c1ccccc1)C(C)(C)C)C2=O. The molecule has 3 rings (SSSR count). The van der Waals surface area contributed by atoms with Crippen LogP contribution in [-0.4, -0.2) is 29.0 Å². The molecule has 4 atom stereocenters. The molecule has 1 saturated heterocycles. The summed E-state index contributed by atoms with van der Waals surface area (Å²) < 4.78 is 0. The zero-order valence-corrected chi connectivity index (χ0v) is 17.2. The van der Waals surface area contributed by atoms with Crippen molar-refractivity contribution >= 4 is 11.9 Å². The third-order valence-corrected chi connectivity index (χ3v) is 6.44. The maximum atomic E-state index is 13.3. The summed E-state index contributed by atoms with van der Waals surface area (Å²) in [5.41, 5.74) is 0.371. The van der Waals surface area contributed by atoms with Crippen LogP contribution in [0.5, 0.6) is 0 Å². The number of hydrogen-bond acceptors (Lipinski definition) is 3. The van der Waals surface area contributed by atoms with Crippen molar-refractivity contribution in [2.45, 2.75) is 65.5 Å². The molecule has 1 aliphatic heterocycles. The fraction of sp³-hybridized carbons (Fsp3) is 0.636. The van der Waals surface area contributed by atoms with Crippen molar-refractivity contribution < 1.29 is 9.59 Å². The second-order valence-electron chi connectivity index (χ2n) is 9.34. The summed E-state index contributed by atoms with van der Waals surface area (Å²) in [6.45, 7) is 10.9. The number of carbonyl (C=O) groups excluding carboxylic acids is 2. The Morgan fingerprint density at radius 2 is 1.74 bits per heavy atom. The van der Waals surface area contributed by atoms with E-state index < -0.39 is 5.54 Å². The van der Waals surface area contributed by atoms with Crippen LogP contribution in [0.3, 0.4) is 0 Å². The number of urea groups is 1. The van der Waals surface area contributed by atoms with Gasteiger partial charge in [0.05, 0.1) is 6.67 Å². The van der Waals surface area contributed by atoms with E-state index in [1.165, 1.54) is 4.90 Å². The zero-order valence-electron chi connectivity index (χ0n) is 17.2. The van der Waals surface area contributed by atoms with Gasteiger partial charge in [-0.15, -0.1) is 0 Å². The fourth-order valence-electron chi connectivity index (χ4n) is 4.85. The van der Waals surface area contributed by atoms with Gasteiger partial charge in [-0.05, 0) is 35.7 Å². The van der Waals surface area contributed by atoms with Crippen molar-refractivity contribution in [3.05, 3.63) is 35.9 Å². The molecule has 1 unspecified atom stereocenters. The van der Waals surface area contributed by atoms with Crippen molar-refractivity contribution in [1.29, 1.82) is 0 Å². The van der Waals surface area contributed by atoms with Gasteiger partial charge in [-0.2, -0.15) is 0 Å². The lowest BCUT2D eigenvalue weighted by Gasteiger charge is -2.42. The van der Waals surface area contributed by atoms with Crippen molar-refractivity contribution in [3.63, 3.8) is 0 Å². The largest absolute Gasteiger partial charge is 0.326 e. The maximum absolute atomic E-state index is 13.3. The Kier molecular flexibility index (Phi) is 5.35. The van der Waals surface area contributed by atoms with E-state index in [2.05, 4.69) is 57.4 Å². The van der Waals surface area contributed by atoms with Crippen LogP contribution in [0.1, 0.15) is 65.5 Å². The average Bonchev–Trinajstić information content (AvgIpc) is 2.85. The number of carbonyl (C=O) groups is 2. The molecule has 5 heteroatoms. The minimum absolute atomic E-state index is 0.0389. The molecule has 148 valence electrons. The van der Waals surface area contributed by atoms with Crippen LogP contribution >= 0.6 is 0 Å². The molecule has 1 aromatic rings. The van der Waals surface area contributed by atoms with E-state index in [1.54, 1.807) is 0 Å². The number of benzene rings is 1. The second kappa shape index (κ2) is 7.27. The summed E-state index contributed by atoms with van der Waals surface area (Å²) in [6, 6.07) is 9.97. The van der Waals surface area contributed by atoms with Crippen LogP contribution in [0.15, 0.2) is 30.3 Å². The Morgan fingerprint density at radius 3 is 2.30 bits per heavy atom. The maximum Gasteiger partial charge on any atom is 0.326 e. The van der Waals surface area contributed by atoms with Crippen LogP contribution in [0, 0.1) is 17.3 Å². The minimum atomic E-state index is -0.735. The second-order valence-corrected chi connectivity index (χ2v) is 9.34. The molecule has 27 heavy (non-hydrogen) atoms. The van der Waals surface area contributed by atoms with Crippen molar-refractivity contribution in [2.24, 2.45) is 17.3 Å². The lowest BCUT2D eigenvalue weighted by atomic mass is 9.67. The first-order valence-electron chi connectivity index (χ1n) is 10.1. The molecule has 1 heterocycles. The number of amides is 3. The highest BCUT2D eigenvalue weighted by Crippen LogP contribution is 2.42. The molecule has 0 bridgehead atoms. The van der Waals surface area contributed by atoms with Crippen molar-refractivity contribution in [3.8, 4) is 0 Å². The number of rotatable bonds is 4. The van der Waals surface area contributed by atoms with Gasteiger partial charge in [-0.3, -0.25) is 10.1 Å². The first-order chi connectivity index (χ1) is 12.7. The lowest BCUT2D eigenvalue weighted by molar-refractivity contribution is -0.136. The molecule has 5 nitrogen and oxygen atoms in total. The number of hydrogen-bond donors (Lipinski definition) is 2. The normalized spacial score (nSPS) is 29.9. The monoisotopic (exact) mass is 371 g/mol. The molecule has 1 aromatic carbocycles. The molecular formula is C22H33N3O2. The third kappa shape index (κ3) is 3.49. The lowest BCUT2D eigenvalue weighted by Crippen LogP contribution is -2.59. The van der Waals surface area contributed by atoms with Crippen molar-refractivity contribution in [1.82, 2.24) is 15.5 Å². The quantitative estimate of drug-likeness (QED) is 0.785. The van der Waals surface area contributed by atoms with Gasteiger partial charge in [0.2, 0.25) is 0 Å². The average molecular weight is 372 g/mol. The van der Waals surface area contributed by atoms with Crippen LogP contribution in [0.2, 0.25) is 0 Å². The molecule has 3 amide bonds. The molecule has 2 fully saturated rings. The summed E-state index contributed by atoms with van der Waals surface area (Å²) in [4.78, 5) is 27.4. The van der Waals surface area contributed by atoms with Gasteiger partial charge in [0.1, 0.15) is 5.54 Å². The standard InChI is InChI=1S/C22H33N3O2/c1-15-10-9-11-16(2)22(15)19(26)25(20(27)24-22)14-23-18(21(3,4)5)17-12-7-6-8-13-17/h6-8,12-13,15-16,18,23H,9-11,14H2,1-5H3,(H,24,27)/t15-,16+,18-,22?/m1/s1. The van der Waals surface area contributed by atoms with E-state index in [0.29, 0.717) is 0 Å². The Morgan fingerprint density at radius 1 is 1.15 bits per heavy atom. The summed E-state index contributed by atoms with van der Waals surface area (Å²) in [7, 11) is 0. The topological polar surface area (TPSA) is 61.4 Å². The summed E-state index contributed by atoms with van der Waals surface area (Å²) in [5, 5.41) is 6.54. The Balaban J connectivity index is 1.79. The van der Waals surface area contributed by atoms with Crippen LogP contribution in [0.25, 0.3) is 0 Å². The van der Waals surface area contributed by atoms with E-state index >= 15 is 0 Å². The van der Waals surface area contributed by atoms with E-state index in [1.807, 2.05) is 18.2 Å². The molecule has 2 N–H and O–H groups in total. The van der Waals surface area contributed by atoms with Gasteiger partial charge in [0, 0.05) is 6.04 Å². The summed E-state index contributed by atoms with van der Waals surface area (Å²) >= 11 is 0. The van der Waals surface area contributed by atoms with E-state index in [0.717, 1.165) is 24.8 Å². The highest BCUT2D eigenvalue weighted by molar-refractivity contribution is 6.07. The van der Waals surface area contributed by atoms with E-state index in [9.17, 15) is 9.59 Å². The predicted octanol–water partition coefficient (Wildman–Crippen LogP) is 4.07. The van der Waals surface area contributed by atoms with E-state index in [4.69, 9.17) is 0 Å². The summed E-state index contributed by atoms with van der Waals surface area (Å²) in [6.07, 6.45) is 3.07.